The number of nitrogen functional groups attached to an aromatic ring is 1. The zero-order valence-corrected chi connectivity index (χ0v) is 11.5. The molecule has 0 bridgehead atoms. The molecule has 3 aromatic rings. The smallest absolute Gasteiger partial charge is 0.222 e. The Labute approximate surface area is 116 Å². The number of anilines is 2. The SMILES string of the molecule is Cc1nn(C)cc1CNc1nc(N)nc2ccccc12. The minimum atomic E-state index is 0.272. The predicted molar refractivity (Wildman–Crippen MR) is 79.2 cm³/mol. The van der Waals surface area contributed by atoms with Gasteiger partial charge in [-0.15, -0.1) is 0 Å². The fraction of sp³-hybridized carbons (Fsp3) is 0.214. The number of nitrogens with two attached hydrogens (primary N) is 1. The first-order valence-electron chi connectivity index (χ1n) is 6.39. The molecule has 2 aromatic heterocycles. The van der Waals surface area contributed by atoms with Crippen molar-refractivity contribution in [3.63, 3.8) is 0 Å². The maximum absolute atomic E-state index is 5.75. The Morgan fingerprint density at radius 2 is 2.05 bits per heavy atom. The minimum absolute atomic E-state index is 0.272. The quantitative estimate of drug-likeness (QED) is 0.757. The lowest BCUT2D eigenvalue weighted by Crippen LogP contribution is -2.05. The van der Waals surface area contributed by atoms with Gasteiger partial charge >= 0.3 is 0 Å². The Hall–Kier alpha value is -2.63. The number of benzene rings is 1. The van der Waals surface area contributed by atoms with Crippen molar-refractivity contribution in [1.29, 1.82) is 0 Å². The summed E-state index contributed by atoms with van der Waals surface area (Å²) in [7, 11) is 1.91. The van der Waals surface area contributed by atoms with Crippen molar-refractivity contribution in [2.45, 2.75) is 13.5 Å². The van der Waals surface area contributed by atoms with Crippen LogP contribution < -0.4 is 11.1 Å². The molecule has 2 heterocycles. The second-order valence-electron chi connectivity index (χ2n) is 4.71. The summed E-state index contributed by atoms with van der Waals surface area (Å²) >= 11 is 0. The highest BCUT2D eigenvalue weighted by Gasteiger charge is 2.07. The average molecular weight is 268 g/mol. The Bertz CT molecular complexity index is 761. The van der Waals surface area contributed by atoms with Gasteiger partial charge in [0, 0.05) is 30.7 Å². The van der Waals surface area contributed by atoms with Crippen molar-refractivity contribution in [3.8, 4) is 0 Å². The number of aromatic nitrogens is 4. The first kappa shape index (κ1) is 12.4. The third-order valence-electron chi connectivity index (χ3n) is 3.18. The number of nitrogens with zero attached hydrogens (tertiary/aromatic N) is 4. The summed E-state index contributed by atoms with van der Waals surface area (Å²) in [6, 6.07) is 7.80. The molecule has 0 aliphatic rings. The highest BCUT2D eigenvalue weighted by Crippen LogP contribution is 2.21. The molecule has 6 heteroatoms. The number of para-hydroxylation sites is 1. The fourth-order valence-corrected chi connectivity index (χ4v) is 2.23. The van der Waals surface area contributed by atoms with Crippen molar-refractivity contribution in [3.05, 3.63) is 41.7 Å². The normalized spacial score (nSPS) is 10.9. The largest absolute Gasteiger partial charge is 0.368 e. The standard InChI is InChI=1S/C14H16N6/c1-9-10(8-20(2)19-9)7-16-13-11-5-3-4-6-12(11)17-14(15)18-13/h3-6,8H,7H2,1-2H3,(H3,15,16,17,18). The van der Waals surface area contributed by atoms with Crippen molar-refractivity contribution in [2.24, 2.45) is 7.05 Å². The van der Waals surface area contributed by atoms with Crippen molar-refractivity contribution in [2.75, 3.05) is 11.1 Å². The minimum Gasteiger partial charge on any atom is -0.368 e. The third-order valence-corrected chi connectivity index (χ3v) is 3.18. The molecule has 6 nitrogen and oxygen atoms in total. The van der Waals surface area contributed by atoms with Gasteiger partial charge in [0.1, 0.15) is 5.82 Å². The van der Waals surface area contributed by atoms with Crippen LogP contribution in [0.5, 0.6) is 0 Å². The van der Waals surface area contributed by atoms with Gasteiger partial charge in [0.15, 0.2) is 0 Å². The van der Waals surface area contributed by atoms with Crippen molar-refractivity contribution in [1.82, 2.24) is 19.7 Å². The van der Waals surface area contributed by atoms with Crippen LogP contribution in [-0.2, 0) is 13.6 Å². The topological polar surface area (TPSA) is 81.7 Å². The molecule has 3 rings (SSSR count). The summed E-state index contributed by atoms with van der Waals surface area (Å²) in [5.74, 6) is 1.02. The lowest BCUT2D eigenvalue weighted by Gasteiger charge is -2.08. The van der Waals surface area contributed by atoms with E-state index in [0.29, 0.717) is 6.54 Å². The van der Waals surface area contributed by atoms with Gasteiger partial charge in [0.25, 0.3) is 0 Å². The van der Waals surface area contributed by atoms with E-state index in [1.54, 1.807) is 4.68 Å². The summed E-state index contributed by atoms with van der Waals surface area (Å²) in [5.41, 5.74) is 8.73. The summed E-state index contributed by atoms with van der Waals surface area (Å²) < 4.78 is 1.80. The van der Waals surface area contributed by atoms with E-state index >= 15 is 0 Å². The first-order chi connectivity index (χ1) is 9.63. The van der Waals surface area contributed by atoms with Crippen LogP contribution in [0.3, 0.4) is 0 Å². The van der Waals surface area contributed by atoms with Gasteiger partial charge < -0.3 is 11.1 Å². The first-order valence-corrected chi connectivity index (χ1v) is 6.39. The lowest BCUT2D eigenvalue weighted by molar-refractivity contribution is 0.756. The molecule has 0 unspecified atom stereocenters. The second-order valence-corrected chi connectivity index (χ2v) is 4.71. The average Bonchev–Trinajstić information content (AvgIpc) is 2.74. The monoisotopic (exact) mass is 268 g/mol. The summed E-state index contributed by atoms with van der Waals surface area (Å²) in [6.45, 7) is 2.64. The van der Waals surface area contributed by atoms with Gasteiger partial charge in [-0.2, -0.15) is 10.1 Å². The number of nitrogens with one attached hydrogen (secondary N) is 1. The molecule has 0 saturated carbocycles. The van der Waals surface area contributed by atoms with Crippen LogP contribution >= 0.6 is 0 Å². The Balaban J connectivity index is 1.92. The molecule has 0 fully saturated rings. The summed E-state index contributed by atoms with van der Waals surface area (Å²) in [4.78, 5) is 8.50. The number of fused-ring (bicyclic) bond motifs is 1. The van der Waals surface area contributed by atoms with Crippen LogP contribution in [0.4, 0.5) is 11.8 Å². The molecule has 3 N–H and O–H groups in total. The Morgan fingerprint density at radius 3 is 2.80 bits per heavy atom. The van der Waals surface area contributed by atoms with Crippen molar-refractivity contribution >= 4 is 22.7 Å². The van der Waals surface area contributed by atoms with E-state index in [9.17, 15) is 0 Å². The van der Waals surface area contributed by atoms with Crippen LogP contribution in [0.25, 0.3) is 10.9 Å². The van der Waals surface area contributed by atoms with E-state index in [1.807, 2.05) is 44.4 Å². The number of rotatable bonds is 3. The maximum atomic E-state index is 5.75. The zero-order valence-electron chi connectivity index (χ0n) is 11.5. The predicted octanol–water partition coefficient (Wildman–Crippen LogP) is 1.87. The van der Waals surface area contributed by atoms with Crippen LogP contribution in [0, 0.1) is 6.92 Å². The number of hydrogen-bond donors (Lipinski definition) is 2. The van der Waals surface area contributed by atoms with Crippen LogP contribution in [0.2, 0.25) is 0 Å². The van der Waals surface area contributed by atoms with Gasteiger partial charge in [-0.3, -0.25) is 4.68 Å². The Morgan fingerprint density at radius 1 is 1.25 bits per heavy atom. The van der Waals surface area contributed by atoms with Gasteiger partial charge in [0.2, 0.25) is 5.95 Å². The maximum Gasteiger partial charge on any atom is 0.222 e. The van der Waals surface area contributed by atoms with E-state index in [0.717, 1.165) is 28.0 Å². The highest BCUT2D eigenvalue weighted by molar-refractivity contribution is 5.89. The zero-order chi connectivity index (χ0) is 14.1. The molecule has 102 valence electrons. The van der Waals surface area contributed by atoms with E-state index < -0.39 is 0 Å². The van der Waals surface area contributed by atoms with Gasteiger partial charge in [-0.25, -0.2) is 4.98 Å². The molecule has 20 heavy (non-hydrogen) atoms. The van der Waals surface area contributed by atoms with E-state index in [-0.39, 0.29) is 5.95 Å². The van der Waals surface area contributed by atoms with Crippen LogP contribution in [0.15, 0.2) is 30.5 Å². The molecule has 1 aromatic carbocycles. The molecule has 0 amide bonds. The molecule has 0 atom stereocenters. The number of hydrogen-bond acceptors (Lipinski definition) is 5. The Kier molecular flexibility index (Phi) is 2.98. The third kappa shape index (κ3) is 2.27. The lowest BCUT2D eigenvalue weighted by atomic mass is 10.2. The van der Waals surface area contributed by atoms with Crippen molar-refractivity contribution < 1.29 is 0 Å². The molecular weight excluding hydrogens is 252 g/mol. The van der Waals surface area contributed by atoms with E-state index in [4.69, 9.17) is 5.73 Å². The van der Waals surface area contributed by atoms with E-state index in [2.05, 4.69) is 20.4 Å². The molecule has 0 spiro atoms. The molecule has 0 aliphatic heterocycles. The highest BCUT2D eigenvalue weighted by atomic mass is 15.3. The fourth-order valence-electron chi connectivity index (χ4n) is 2.23. The number of aryl methyl sites for hydroxylation is 2. The van der Waals surface area contributed by atoms with Gasteiger partial charge in [-0.05, 0) is 19.1 Å². The van der Waals surface area contributed by atoms with Crippen LogP contribution in [0.1, 0.15) is 11.3 Å². The second kappa shape index (κ2) is 4.80. The van der Waals surface area contributed by atoms with Crippen LogP contribution in [-0.4, -0.2) is 19.7 Å². The molecular formula is C14H16N6. The summed E-state index contributed by atoms with van der Waals surface area (Å²) in [5, 5.41) is 8.60. The molecule has 0 aliphatic carbocycles. The summed E-state index contributed by atoms with van der Waals surface area (Å²) in [6.07, 6.45) is 2.00. The van der Waals surface area contributed by atoms with Gasteiger partial charge in [0.05, 0.1) is 11.2 Å². The van der Waals surface area contributed by atoms with Gasteiger partial charge in [-0.1, -0.05) is 12.1 Å². The van der Waals surface area contributed by atoms with E-state index in [1.165, 1.54) is 0 Å². The molecule has 0 radical (unpaired) electrons. The molecule has 0 saturated heterocycles.